The summed E-state index contributed by atoms with van der Waals surface area (Å²) in [5.41, 5.74) is 6.37. The molecule has 0 bridgehead atoms. The maximum atomic E-state index is 12.9. The smallest absolute Gasteiger partial charge is 0.159 e. The van der Waals surface area contributed by atoms with E-state index in [-0.39, 0.29) is 12.5 Å². The van der Waals surface area contributed by atoms with E-state index in [1.165, 1.54) is 0 Å². The number of aliphatic hydroxyl groups is 1. The molecule has 1 unspecified atom stereocenters. The molecule has 2 nitrogen and oxygen atoms in total. The van der Waals surface area contributed by atoms with Crippen LogP contribution in [0, 0.1) is 11.6 Å². The van der Waals surface area contributed by atoms with Gasteiger partial charge in [0.05, 0.1) is 6.61 Å². The van der Waals surface area contributed by atoms with Crippen LogP contribution in [-0.4, -0.2) is 11.7 Å². The zero-order valence-electron chi connectivity index (χ0n) is 7.93. The van der Waals surface area contributed by atoms with E-state index in [2.05, 4.69) is 0 Å². The van der Waals surface area contributed by atoms with Gasteiger partial charge in [-0.2, -0.15) is 0 Å². The molecule has 1 aromatic carbocycles. The Kier molecular flexibility index (Phi) is 3.55. The first-order chi connectivity index (χ1) is 6.60. The first-order valence-corrected chi connectivity index (χ1v) is 4.38. The first-order valence-electron chi connectivity index (χ1n) is 4.38. The Hall–Kier alpha value is -1.00. The van der Waals surface area contributed by atoms with Crippen LogP contribution in [0.3, 0.4) is 0 Å². The highest BCUT2D eigenvalue weighted by atomic mass is 19.2. The lowest BCUT2D eigenvalue weighted by molar-refractivity contribution is 0.279. The zero-order chi connectivity index (χ0) is 10.7. The Balaban J connectivity index is 3.19. The number of nitrogens with two attached hydrogens (primary N) is 1. The second kappa shape index (κ2) is 4.48. The summed E-state index contributed by atoms with van der Waals surface area (Å²) in [4.78, 5) is 0. The van der Waals surface area contributed by atoms with E-state index in [0.717, 1.165) is 12.1 Å². The number of aliphatic hydroxyl groups excluding tert-OH is 1. The Morgan fingerprint density at radius 1 is 1.36 bits per heavy atom. The number of halogens is 2. The van der Waals surface area contributed by atoms with Gasteiger partial charge in [-0.3, -0.25) is 0 Å². The van der Waals surface area contributed by atoms with Crippen molar-refractivity contribution in [2.24, 2.45) is 5.73 Å². The van der Waals surface area contributed by atoms with Crippen molar-refractivity contribution in [3.05, 3.63) is 34.9 Å². The van der Waals surface area contributed by atoms with Crippen LogP contribution >= 0.6 is 0 Å². The zero-order valence-corrected chi connectivity index (χ0v) is 7.93. The van der Waals surface area contributed by atoms with Gasteiger partial charge in [0.15, 0.2) is 11.6 Å². The molecule has 0 aliphatic heterocycles. The van der Waals surface area contributed by atoms with Gasteiger partial charge in [-0.15, -0.1) is 0 Å². The third-order valence-electron chi connectivity index (χ3n) is 2.24. The minimum absolute atomic E-state index is 0.0905. The molecule has 0 heterocycles. The van der Waals surface area contributed by atoms with Crippen LogP contribution in [0.15, 0.2) is 12.1 Å². The lowest BCUT2D eigenvalue weighted by Gasteiger charge is -2.13. The van der Waals surface area contributed by atoms with Crippen molar-refractivity contribution in [3.63, 3.8) is 0 Å². The molecule has 0 aliphatic carbocycles. The maximum Gasteiger partial charge on any atom is 0.159 e. The van der Waals surface area contributed by atoms with Crippen LogP contribution < -0.4 is 5.73 Å². The van der Waals surface area contributed by atoms with E-state index in [4.69, 9.17) is 10.8 Å². The van der Waals surface area contributed by atoms with Gasteiger partial charge in [0.1, 0.15) is 0 Å². The summed E-state index contributed by atoms with van der Waals surface area (Å²) >= 11 is 0. The van der Waals surface area contributed by atoms with Crippen LogP contribution in [0.4, 0.5) is 8.78 Å². The van der Waals surface area contributed by atoms with Crippen molar-refractivity contribution in [2.45, 2.75) is 19.4 Å². The summed E-state index contributed by atoms with van der Waals surface area (Å²) < 4.78 is 25.7. The molecular weight excluding hydrogens is 188 g/mol. The summed E-state index contributed by atoms with van der Waals surface area (Å²) in [6.45, 7) is 1.82. The third kappa shape index (κ3) is 2.08. The molecule has 1 aromatic rings. The van der Waals surface area contributed by atoms with Gasteiger partial charge in [0.2, 0.25) is 0 Å². The molecule has 0 aromatic heterocycles. The molecule has 0 spiro atoms. The lowest BCUT2D eigenvalue weighted by Crippen LogP contribution is -2.12. The predicted octanol–water partition coefficient (Wildman–Crippen LogP) is 1.52. The monoisotopic (exact) mass is 201 g/mol. The molecule has 1 atom stereocenters. The molecule has 0 radical (unpaired) electrons. The molecular formula is C10H13F2NO. The molecule has 14 heavy (non-hydrogen) atoms. The number of hydrogen-bond acceptors (Lipinski definition) is 2. The second-order valence-corrected chi connectivity index (χ2v) is 3.26. The second-order valence-electron chi connectivity index (χ2n) is 3.26. The number of hydrogen-bond donors (Lipinski definition) is 2. The average molecular weight is 201 g/mol. The maximum absolute atomic E-state index is 12.9. The topological polar surface area (TPSA) is 46.2 Å². The van der Waals surface area contributed by atoms with Crippen molar-refractivity contribution in [1.29, 1.82) is 0 Å². The molecule has 3 N–H and O–H groups in total. The van der Waals surface area contributed by atoms with Gasteiger partial charge < -0.3 is 10.8 Å². The van der Waals surface area contributed by atoms with Gasteiger partial charge in [0, 0.05) is 0 Å². The van der Waals surface area contributed by atoms with Crippen LogP contribution in [0.25, 0.3) is 0 Å². The minimum Gasteiger partial charge on any atom is -0.392 e. The van der Waals surface area contributed by atoms with Gasteiger partial charge in [-0.05, 0) is 35.7 Å². The standard InChI is InChI=1S/C10H13F2NO/c1-6(4-13)8-3-10(12)9(11)2-7(8)5-14/h2-3,6,14H,4-5,13H2,1H3. The molecule has 0 saturated heterocycles. The largest absolute Gasteiger partial charge is 0.392 e. The van der Waals surface area contributed by atoms with Crippen molar-refractivity contribution in [1.82, 2.24) is 0 Å². The molecule has 1 rings (SSSR count). The quantitative estimate of drug-likeness (QED) is 0.778. The van der Waals surface area contributed by atoms with E-state index in [0.29, 0.717) is 17.7 Å². The summed E-state index contributed by atoms with van der Waals surface area (Å²) in [5.74, 6) is -1.94. The summed E-state index contributed by atoms with van der Waals surface area (Å²) in [5, 5.41) is 8.95. The summed E-state index contributed by atoms with van der Waals surface area (Å²) in [7, 11) is 0. The number of rotatable bonds is 3. The van der Waals surface area contributed by atoms with E-state index in [1.54, 1.807) is 6.92 Å². The molecule has 78 valence electrons. The van der Waals surface area contributed by atoms with Crippen molar-refractivity contribution in [3.8, 4) is 0 Å². The Labute approximate surface area is 81.4 Å². The fraction of sp³-hybridized carbons (Fsp3) is 0.400. The third-order valence-corrected chi connectivity index (χ3v) is 2.24. The van der Waals surface area contributed by atoms with Crippen molar-refractivity contribution >= 4 is 0 Å². The first kappa shape index (κ1) is 11.1. The number of benzene rings is 1. The molecule has 0 saturated carbocycles. The van der Waals surface area contributed by atoms with Crippen molar-refractivity contribution in [2.75, 3.05) is 6.54 Å². The Bertz CT molecular complexity index is 328. The van der Waals surface area contributed by atoms with Crippen LogP contribution in [0.5, 0.6) is 0 Å². The minimum atomic E-state index is -0.943. The molecule has 0 fully saturated rings. The van der Waals surface area contributed by atoms with E-state index in [9.17, 15) is 8.78 Å². The summed E-state index contributed by atoms with van der Waals surface area (Å²) in [6.07, 6.45) is 0. The highest BCUT2D eigenvalue weighted by molar-refractivity contribution is 5.31. The fourth-order valence-corrected chi connectivity index (χ4v) is 1.33. The summed E-state index contributed by atoms with van der Waals surface area (Å²) in [6, 6.07) is 2.11. The molecule has 0 aliphatic rings. The van der Waals surface area contributed by atoms with Gasteiger partial charge in [0.25, 0.3) is 0 Å². The SMILES string of the molecule is CC(CN)c1cc(F)c(F)cc1CO. The highest BCUT2D eigenvalue weighted by Gasteiger charge is 2.13. The lowest BCUT2D eigenvalue weighted by atomic mass is 9.96. The van der Waals surface area contributed by atoms with E-state index in [1.807, 2.05) is 0 Å². The molecule has 4 heteroatoms. The van der Waals surface area contributed by atoms with Gasteiger partial charge in [-0.25, -0.2) is 8.78 Å². The molecule has 0 amide bonds. The van der Waals surface area contributed by atoms with E-state index < -0.39 is 11.6 Å². The Morgan fingerprint density at radius 2 is 1.93 bits per heavy atom. The average Bonchev–Trinajstić information content (AvgIpc) is 2.20. The highest BCUT2D eigenvalue weighted by Crippen LogP contribution is 2.22. The van der Waals surface area contributed by atoms with Crippen molar-refractivity contribution < 1.29 is 13.9 Å². The normalized spacial score (nSPS) is 12.9. The fourth-order valence-electron chi connectivity index (χ4n) is 1.33. The van der Waals surface area contributed by atoms with Gasteiger partial charge >= 0.3 is 0 Å². The predicted molar refractivity (Wildman–Crippen MR) is 49.8 cm³/mol. The Morgan fingerprint density at radius 3 is 2.43 bits per heavy atom. The van der Waals surface area contributed by atoms with E-state index >= 15 is 0 Å². The van der Waals surface area contributed by atoms with Crippen LogP contribution in [-0.2, 0) is 6.61 Å². The van der Waals surface area contributed by atoms with Crippen LogP contribution in [0.2, 0.25) is 0 Å². The van der Waals surface area contributed by atoms with Crippen LogP contribution in [0.1, 0.15) is 24.0 Å². The van der Waals surface area contributed by atoms with Gasteiger partial charge in [-0.1, -0.05) is 6.92 Å².